The van der Waals surface area contributed by atoms with Crippen LogP contribution in [0.15, 0.2) is 36.4 Å². The van der Waals surface area contributed by atoms with E-state index in [4.69, 9.17) is 9.47 Å². The Morgan fingerprint density at radius 3 is 2.45 bits per heavy atom. The quantitative estimate of drug-likeness (QED) is 0.627. The number of ether oxygens (including phenoxy) is 2. The molecule has 0 spiro atoms. The molecule has 0 unspecified atom stereocenters. The summed E-state index contributed by atoms with van der Waals surface area (Å²) in [5.74, 6) is 0.862. The Hall–Kier alpha value is -2.80. The first-order valence-electron chi connectivity index (χ1n) is 6.70. The van der Waals surface area contributed by atoms with Crippen LogP contribution in [0.3, 0.4) is 0 Å². The van der Waals surface area contributed by atoms with Crippen molar-refractivity contribution in [3.8, 4) is 17.6 Å². The average molecular weight is 297 g/mol. The molecule has 112 valence electrons. The number of nitrogens with zero attached hydrogens (tertiary/aromatic N) is 1. The molecule has 2 rings (SSSR count). The van der Waals surface area contributed by atoms with Crippen molar-refractivity contribution in [1.29, 1.82) is 5.26 Å². The van der Waals surface area contributed by atoms with E-state index in [0.717, 1.165) is 5.56 Å². The van der Waals surface area contributed by atoms with E-state index in [1.807, 2.05) is 13.0 Å². The average Bonchev–Trinajstić information content (AvgIpc) is 2.53. The lowest BCUT2D eigenvalue weighted by Gasteiger charge is -2.13. The molecule has 2 aromatic carbocycles. The van der Waals surface area contributed by atoms with Crippen LogP contribution in [-0.4, -0.2) is 14.2 Å². The van der Waals surface area contributed by atoms with Crippen LogP contribution in [0.4, 0.5) is 4.39 Å². The Kier molecular flexibility index (Phi) is 4.80. The second kappa shape index (κ2) is 6.77. The van der Waals surface area contributed by atoms with Gasteiger partial charge in [0.15, 0.2) is 0 Å². The maximum Gasteiger partial charge on any atom is 0.132 e. The number of methoxy groups -OCH3 is 2. The number of nitriles is 1. The van der Waals surface area contributed by atoms with E-state index in [0.29, 0.717) is 17.1 Å². The third-order valence-corrected chi connectivity index (χ3v) is 3.40. The number of halogens is 1. The minimum absolute atomic E-state index is 0.237. The van der Waals surface area contributed by atoms with Crippen molar-refractivity contribution in [1.82, 2.24) is 0 Å². The summed E-state index contributed by atoms with van der Waals surface area (Å²) in [4.78, 5) is 0. The van der Waals surface area contributed by atoms with E-state index in [2.05, 4.69) is 0 Å². The molecule has 0 bridgehead atoms. The van der Waals surface area contributed by atoms with Crippen molar-refractivity contribution >= 4 is 11.6 Å². The third-order valence-electron chi connectivity index (χ3n) is 3.40. The van der Waals surface area contributed by atoms with Crippen LogP contribution >= 0.6 is 0 Å². The molecule has 0 radical (unpaired) electrons. The topological polar surface area (TPSA) is 42.2 Å². The van der Waals surface area contributed by atoms with E-state index in [9.17, 15) is 9.65 Å². The van der Waals surface area contributed by atoms with Crippen molar-refractivity contribution in [3.63, 3.8) is 0 Å². The van der Waals surface area contributed by atoms with E-state index >= 15 is 0 Å². The van der Waals surface area contributed by atoms with Gasteiger partial charge < -0.3 is 9.47 Å². The van der Waals surface area contributed by atoms with Gasteiger partial charge in [0.1, 0.15) is 17.3 Å². The summed E-state index contributed by atoms with van der Waals surface area (Å²) in [6.07, 6.45) is 1.61. The molecule has 0 heterocycles. The van der Waals surface area contributed by atoms with Gasteiger partial charge in [0.05, 0.1) is 25.9 Å². The van der Waals surface area contributed by atoms with Crippen LogP contribution in [0, 0.1) is 24.1 Å². The summed E-state index contributed by atoms with van der Waals surface area (Å²) in [5, 5.41) is 9.35. The molecule has 0 fully saturated rings. The first-order chi connectivity index (χ1) is 10.6. The summed E-state index contributed by atoms with van der Waals surface area (Å²) in [6.45, 7) is 1.87. The van der Waals surface area contributed by atoms with Crippen LogP contribution in [0.5, 0.6) is 11.5 Å². The molecule has 0 aromatic heterocycles. The lowest BCUT2D eigenvalue weighted by molar-refractivity contribution is 0.388. The smallest absolute Gasteiger partial charge is 0.132 e. The molecule has 0 aliphatic carbocycles. The van der Waals surface area contributed by atoms with E-state index < -0.39 is 5.82 Å². The highest BCUT2D eigenvalue weighted by molar-refractivity contribution is 5.91. The molecule has 2 aromatic rings. The minimum atomic E-state index is -0.431. The molecule has 3 nitrogen and oxygen atoms in total. The Morgan fingerprint density at radius 2 is 1.86 bits per heavy atom. The van der Waals surface area contributed by atoms with Crippen molar-refractivity contribution in [3.05, 3.63) is 58.9 Å². The molecule has 0 saturated heterocycles. The highest BCUT2D eigenvalue weighted by Gasteiger charge is 2.12. The summed E-state index contributed by atoms with van der Waals surface area (Å²) >= 11 is 0. The van der Waals surface area contributed by atoms with Gasteiger partial charge in [0.2, 0.25) is 0 Å². The predicted octanol–water partition coefficient (Wildman–Crippen LogP) is 4.22. The number of hydrogen-bond donors (Lipinski definition) is 0. The van der Waals surface area contributed by atoms with Gasteiger partial charge in [-0.15, -0.1) is 0 Å². The van der Waals surface area contributed by atoms with Gasteiger partial charge in [-0.25, -0.2) is 4.39 Å². The standard InChI is InChI=1S/C18H16FNO2/c1-12-17(21-2)9-8-13(18(12)22-3)10-14(11-20)15-6-4-5-7-16(15)19/h4-10H,1-3H3/b14-10-. The maximum atomic E-state index is 13.9. The van der Waals surface area contributed by atoms with E-state index in [1.165, 1.54) is 6.07 Å². The lowest BCUT2D eigenvalue weighted by atomic mass is 10.0. The van der Waals surface area contributed by atoms with Crippen LogP contribution < -0.4 is 9.47 Å². The van der Waals surface area contributed by atoms with Crippen molar-refractivity contribution in [2.45, 2.75) is 6.92 Å². The second-order valence-corrected chi connectivity index (χ2v) is 4.66. The fourth-order valence-electron chi connectivity index (χ4n) is 2.31. The van der Waals surface area contributed by atoms with Gasteiger partial charge in [0.25, 0.3) is 0 Å². The molecular weight excluding hydrogens is 281 g/mol. The highest BCUT2D eigenvalue weighted by atomic mass is 19.1. The monoisotopic (exact) mass is 297 g/mol. The number of allylic oxidation sites excluding steroid dienone is 1. The van der Waals surface area contributed by atoms with Crippen LogP contribution in [0.2, 0.25) is 0 Å². The zero-order valence-electron chi connectivity index (χ0n) is 12.7. The van der Waals surface area contributed by atoms with Crippen LogP contribution in [-0.2, 0) is 0 Å². The summed E-state index contributed by atoms with van der Waals surface area (Å²) in [6, 6.07) is 11.8. The molecule has 0 aliphatic rings. The molecule has 0 N–H and O–H groups in total. The fraction of sp³-hybridized carbons (Fsp3) is 0.167. The van der Waals surface area contributed by atoms with Crippen molar-refractivity contribution < 1.29 is 13.9 Å². The van der Waals surface area contributed by atoms with E-state index in [1.54, 1.807) is 50.6 Å². The Balaban J connectivity index is 2.59. The number of hydrogen-bond acceptors (Lipinski definition) is 3. The van der Waals surface area contributed by atoms with Gasteiger partial charge in [-0.05, 0) is 31.2 Å². The van der Waals surface area contributed by atoms with Crippen molar-refractivity contribution in [2.75, 3.05) is 14.2 Å². The van der Waals surface area contributed by atoms with Gasteiger partial charge >= 0.3 is 0 Å². The second-order valence-electron chi connectivity index (χ2n) is 4.66. The largest absolute Gasteiger partial charge is 0.496 e. The first-order valence-corrected chi connectivity index (χ1v) is 6.70. The Bertz CT molecular complexity index is 760. The van der Waals surface area contributed by atoms with Gasteiger partial charge in [-0.3, -0.25) is 0 Å². The molecule has 0 aliphatic heterocycles. The van der Waals surface area contributed by atoms with Crippen molar-refractivity contribution in [2.24, 2.45) is 0 Å². The number of benzene rings is 2. The van der Waals surface area contributed by atoms with Crippen LogP contribution in [0.1, 0.15) is 16.7 Å². The zero-order valence-corrected chi connectivity index (χ0v) is 12.7. The lowest BCUT2D eigenvalue weighted by Crippen LogP contribution is -1.95. The molecule has 0 atom stereocenters. The molecular formula is C18H16FNO2. The molecule has 0 saturated carbocycles. The van der Waals surface area contributed by atoms with E-state index in [-0.39, 0.29) is 11.1 Å². The maximum absolute atomic E-state index is 13.9. The molecule has 0 amide bonds. The van der Waals surface area contributed by atoms with Gasteiger partial charge in [-0.2, -0.15) is 5.26 Å². The van der Waals surface area contributed by atoms with Gasteiger partial charge in [-0.1, -0.05) is 18.2 Å². The predicted molar refractivity (Wildman–Crippen MR) is 84.2 cm³/mol. The SMILES string of the molecule is COc1ccc(/C=C(/C#N)c2ccccc2F)c(OC)c1C. The highest BCUT2D eigenvalue weighted by Crippen LogP contribution is 2.33. The summed E-state index contributed by atoms with van der Waals surface area (Å²) in [7, 11) is 3.13. The normalized spacial score (nSPS) is 11.0. The first kappa shape index (κ1) is 15.6. The van der Waals surface area contributed by atoms with Crippen LogP contribution in [0.25, 0.3) is 11.6 Å². The Labute approximate surface area is 129 Å². The summed E-state index contributed by atoms with van der Waals surface area (Å²) in [5.41, 5.74) is 2.02. The molecule has 22 heavy (non-hydrogen) atoms. The minimum Gasteiger partial charge on any atom is -0.496 e. The van der Waals surface area contributed by atoms with Gasteiger partial charge in [0, 0.05) is 16.7 Å². The third kappa shape index (κ3) is 2.94. The zero-order chi connectivity index (χ0) is 16.1. The summed E-state index contributed by atoms with van der Waals surface area (Å²) < 4.78 is 24.5. The number of rotatable bonds is 4. The Morgan fingerprint density at radius 1 is 1.14 bits per heavy atom. The fourth-order valence-corrected chi connectivity index (χ4v) is 2.31. The molecule has 4 heteroatoms.